The van der Waals surface area contributed by atoms with Crippen LogP contribution in [-0.2, 0) is 4.79 Å². The molecule has 19 heavy (non-hydrogen) atoms. The Hall–Kier alpha value is -1.55. The molecule has 1 aromatic carbocycles. The third-order valence-corrected chi connectivity index (χ3v) is 2.86. The highest BCUT2D eigenvalue weighted by atomic mass is 16.5. The largest absolute Gasteiger partial charge is 0.496 e. The maximum Gasteiger partial charge on any atom is 0.221 e. The molecular weight excluding hydrogens is 240 g/mol. The van der Waals surface area contributed by atoms with Gasteiger partial charge in [-0.1, -0.05) is 18.2 Å². The lowest BCUT2D eigenvalue weighted by Gasteiger charge is -2.17. The summed E-state index contributed by atoms with van der Waals surface area (Å²) in [4.78, 5) is 11.5. The maximum atomic E-state index is 11.5. The van der Waals surface area contributed by atoms with E-state index in [-0.39, 0.29) is 18.0 Å². The topological polar surface area (TPSA) is 50.4 Å². The lowest BCUT2D eigenvalue weighted by atomic mass is 10.1. The van der Waals surface area contributed by atoms with Gasteiger partial charge in [0.1, 0.15) is 5.75 Å². The fourth-order valence-corrected chi connectivity index (χ4v) is 1.93. The van der Waals surface area contributed by atoms with Gasteiger partial charge in [0, 0.05) is 30.6 Å². The first-order valence-electron chi connectivity index (χ1n) is 6.70. The average Bonchev–Trinajstić information content (AvgIpc) is 2.37. The molecule has 0 aliphatic carbocycles. The molecule has 0 spiro atoms. The van der Waals surface area contributed by atoms with Gasteiger partial charge >= 0.3 is 0 Å². The maximum absolute atomic E-state index is 11.5. The molecule has 4 nitrogen and oxygen atoms in total. The minimum absolute atomic E-state index is 0.0785. The molecule has 1 atom stereocenters. The van der Waals surface area contributed by atoms with Crippen molar-refractivity contribution in [2.24, 2.45) is 0 Å². The molecule has 4 heteroatoms. The van der Waals surface area contributed by atoms with Crippen molar-refractivity contribution in [2.45, 2.75) is 39.3 Å². The van der Waals surface area contributed by atoms with Gasteiger partial charge in [-0.15, -0.1) is 0 Å². The van der Waals surface area contributed by atoms with E-state index in [4.69, 9.17) is 4.74 Å². The van der Waals surface area contributed by atoms with Gasteiger partial charge < -0.3 is 15.4 Å². The third kappa shape index (κ3) is 5.30. The zero-order chi connectivity index (χ0) is 14.3. The summed E-state index contributed by atoms with van der Waals surface area (Å²) in [5.74, 6) is 0.948. The molecule has 0 aliphatic heterocycles. The highest BCUT2D eigenvalue weighted by Gasteiger charge is 2.10. The number of para-hydroxylation sites is 1. The Morgan fingerprint density at radius 3 is 2.58 bits per heavy atom. The molecule has 106 valence electrons. The van der Waals surface area contributed by atoms with E-state index in [0.717, 1.165) is 11.3 Å². The third-order valence-electron chi connectivity index (χ3n) is 2.86. The van der Waals surface area contributed by atoms with Gasteiger partial charge in [0.05, 0.1) is 7.11 Å². The molecule has 0 heterocycles. The van der Waals surface area contributed by atoms with E-state index in [0.29, 0.717) is 13.0 Å². The summed E-state index contributed by atoms with van der Waals surface area (Å²) < 4.78 is 5.33. The summed E-state index contributed by atoms with van der Waals surface area (Å²) in [6.07, 6.45) is 0.484. The number of carbonyl (C=O) groups excluding carboxylic acids is 1. The van der Waals surface area contributed by atoms with Gasteiger partial charge in [-0.25, -0.2) is 0 Å². The highest BCUT2D eigenvalue weighted by molar-refractivity contribution is 5.76. The Labute approximate surface area is 115 Å². The van der Waals surface area contributed by atoms with Crippen LogP contribution in [0, 0.1) is 0 Å². The van der Waals surface area contributed by atoms with Crippen LogP contribution in [0.25, 0.3) is 0 Å². The van der Waals surface area contributed by atoms with Crippen LogP contribution in [0.2, 0.25) is 0 Å². The van der Waals surface area contributed by atoms with E-state index < -0.39 is 0 Å². The van der Waals surface area contributed by atoms with Gasteiger partial charge in [-0.2, -0.15) is 0 Å². The van der Waals surface area contributed by atoms with Crippen LogP contribution in [0.1, 0.15) is 38.8 Å². The van der Waals surface area contributed by atoms with E-state index in [1.165, 1.54) is 0 Å². The first kappa shape index (κ1) is 15.5. The first-order chi connectivity index (χ1) is 9.04. The van der Waals surface area contributed by atoms with Crippen molar-refractivity contribution < 1.29 is 9.53 Å². The molecular formula is C15H24N2O2. The number of nitrogens with one attached hydrogen (secondary N) is 2. The van der Waals surface area contributed by atoms with Crippen molar-refractivity contribution in [1.29, 1.82) is 0 Å². The highest BCUT2D eigenvalue weighted by Crippen LogP contribution is 2.23. The van der Waals surface area contributed by atoms with Crippen LogP contribution < -0.4 is 15.4 Å². The number of benzene rings is 1. The van der Waals surface area contributed by atoms with E-state index >= 15 is 0 Å². The molecule has 0 bridgehead atoms. The second-order valence-electron chi connectivity index (χ2n) is 4.89. The number of hydrogen-bond donors (Lipinski definition) is 2. The van der Waals surface area contributed by atoms with E-state index in [1.807, 2.05) is 38.1 Å². The van der Waals surface area contributed by atoms with E-state index in [2.05, 4.69) is 17.6 Å². The molecule has 2 N–H and O–H groups in total. The SMILES string of the molecule is COc1ccccc1[C@@H](C)NCCC(=O)NC(C)C. The summed E-state index contributed by atoms with van der Waals surface area (Å²) >= 11 is 0. The minimum atomic E-state index is 0.0785. The van der Waals surface area contributed by atoms with Gasteiger partial charge in [0.25, 0.3) is 0 Å². The van der Waals surface area contributed by atoms with Crippen LogP contribution in [0.4, 0.5) is 0 Å². The first-order valence-corrected chi connectivity index (χ1v) is 6.70. The molecule has 0 aliphatic rings. The zero-order valence-corrected chi connectivity index (χ0v) is 12.2. The van der Waals surface area contributed by atoms with Crippen molar-refractivity contribution in [1.82, 2.24) is 10.6 Å². The lowest BCUT2D eigenvalue weighted by molar-refractivity contribution is -0.121. The van der Waals surface area contributed by atoms with Gasteiger partial charge in [-0.05, 0) is 26.8 Å². The molecule has 0 unspecified atom stereocenters. The zero-order valence-electron chi connectivity index (χ0n) is 12.2. The van der Waals surface area contributed by atoms with Crippen LogP contribution in [0.15, 0.2) is 24.3 Å². The number of rotatable bonds is 7. The molecule has 1 amide bonds. The standard InChI is InChI=1S/C15H24N2O2/c1-11(2)17-15(18)9-10-16-12(3)13-7-5-6-8-14(13)19-4/h5-8,11-12,16H,9-10H2,1-4H3,(H,17,18)/t12-/m1/s1. The Kier molecular flexibility index (Phi) is 6.36. The number of hydrogen-bond acceptors (Lipinski definition) is 3. The van der Waals surface area contributed by atoms with Crippen molar-refractivity contribution >= 4 is 5.91 Å². The Morgan fingerprint density at radius 2 is 1.95 bits per heavy atom. The van der Waals surface area contributed by atoms with Crippen molar-refractivity contribution in [3.05, 3.63) is 29.8 Å². The van der Waals surface area contributed by atoms with Crippen LogP contribution in [0.3, 0.4) is 0 Å². The van der Waals surface area contributed by atoms with Gasteiger partial charge in [0.2, 0.25) is 5.91 Å². The summed E-state index contributed by atoms with van der Waals surface area (Å²) in [5.41, 5.74) is 1.11. The normalized spacial score (nSPS) is 12.3. The molecule has 1 aromatic rings. The van der Waals surface area contributed by atoms with Crippen molar-refractivity contribution in [3.63, 3.8) is 0 Å². The van der Waals surface area contributed by atoms with Crippen LogP contribution in [-0.4, -0.2) is 25.6 Å². The summed E-state index contributed by atoms with van der Waals surface area (Å²) in [6.45, 7) is 6.64. The van der Waals surface area contributed by atoms with Gasteiger partial charge in [0.15, 0.2) is 0 Å². The summed E-state index contributed by atoms with van der Waals surface area (Å²) in [7, 11) is 1.67. The van der Waals surface area contributed by atoms with Crippen LogP contribution >= 0.6 is 0 Å². The Morgan fingerprint density at radius 1 is 1.26 bits per heavy atom. The minimum Gasteiger partial charge on any atom is -0.496 e. The fourth-order valence-electron chi connectivity index (χ4n) is 1.93. The number of carbonyl (C=O) groups is 1. The van der Waals surface area contributed by atoms with E-state index in [1.54, 1.807) is 7.11 Å². The second kappa shape index (κ2) is 7.79. The summed E-state index contributed by atoms with van der Waals surface area (Å²) in [6, 6.07) is 8.26. The van der Waals surface area contributed by atoms with Crippen LogP contribution in [0.5, 0.6) is 5.75 Å². The molecule has 0 radical (unpaired) electrons. The second-order valence-corrected chi connectivity index (χ2v) is 4.89. The molecule has 0 fully saturated rings. The molecule has 1 rings (SSSR count). The lowest BCUT2D eigenvalue weighted by Crippen LogP contribution is -2.33. The molecule has 0 saturated carbocycles. The Balaban J connectivity index is 2.43. The number of amides is 1. The quantitative estimate of drug-likeness (QED) is 0.794. The van der Waals surface area contributed by atoms with Crippen molar-refractivity contribution in [2.75, 3.05) is 13.7 Å². The van der Waals surface area contributed by atoms with Crippen molar-refractivity contribution in [3.8, 4) is 5.75 Å². The molecule has 0 aromatic heterocycles. The Bertz CT molecular complexity index is 405. The predicted octanol–water partition coefficient (Wildman–Crippen LogP) is 2.26. The molecule has 0 saturated heterocycles. The summed E-state index contributed by atoms with van der Waals surface area (Å²) in [5, 5.41) is 6.21. The number of methoxy groups -OCH3 is 1. The predicted molar refractivity (Wildman–Crippen MR) is 77.3 cm³/mol. The number of ether oxygens (including phenoxy) is 1. The average molecular weight is 264 g/mol. The van der Waals surface area contributed by atoms with Gasteiger partial charge in [-0.3, -0.25) is 4.79 Å². The van der Waals surface area contributed by atoms with E-state index in [9.17, 15) is 4.79 Å². The fraction of sp³-hybridized carbons (Fsp3) is 0.533. The smallest absolute Gasteiger partial charge is 0.221 e. The monoisotopic (exact) mass is 264 g/mol.